The summed E-state index contributed by atoms with van der Waals surface area (Å²) in [7, 11) is 15.0. The number of nitrogens with zero attached hydrogens (tertiary/aromatic N) is 2. The first-order valence-corrected chi connectivity index (χ1v) is 11.1. The third-order valence-electron chi connectivity index (χ3n) is 7.50. The SMILES string of the molecule is [B]C1([B])OC(N)=N[C@]12c1cc(-c3cc(Cl)cc(C#N)c3)ccc1CC21CCC(OC)CC1. The lowest BCUT2D eigenvalue weighted by molar-refractivity contribution is -0.0256. The highest BCUT2D eigenvalue weighted by Gasteiger charge is 2.67. The summed E-state index contributed by atoms with van der Waals surface area (Å²) in [6, 6.07) is 13.7. The van der Waals surface area contributed by atoms with Gasteiger partial charge in [0.15, 0.2) is 0 Å². The molecule has 0 saturated heterocycles. The lowest BCUT2D eigenvalue weighted by Gasteiger charge is -2.52. The Morgan fingerprint density at radius 2 is 1.94 bits per heavy atom. The topological polar surface area (TPSA) is 80.6 Å². The third kappa shape index (κ3) is 2.93. The Kier molecular flexibility index (Phi) is 4.89. The number of hydrogen-bond donors (Lipinski definition) is 1. The van der Waals surface area contributed by atoms with Gasteiger partial charge < -0.3 is 15.2 Å². The van der Waals surface area contributed by atoms with Crippen LogP contribution in [0, 0.1) is 16.7 Å². The predicted molar refractivity (Wildman–Crippen MR) is 126 cm³/mol. The smallest absolute Gasteiger partial charge is 0.281 e. The van der Waals surface area contributed by atoms with E-state index in [1.807, 2.05) is 18.2 Å². The molecule has 1 heterocycles. The van der Waals surface area contributed by atoms with Gasteiger partial charge in [-0.25, -0.2) is 4.99 Å². The quantitative estimate of drug-likeness (QED) is 0.723. The monoisotopic (exact) mass is 441 g/mol. The van der Waals surface area contributed by atoms with Gasteiger partial charge in [0.05, 0.1) is 23.1 Å². The van der Waals surface area contributed by atoms with Gasteiger partial charge in [-0.2, -0.15) is 5.26 Å². The van der Waals surface area contributed by atoms with E-state index in [1.165, 1.54) is 0 Å². The van der Waals surface area contributed by atoms with Crippen molar-refractivity contribution in [2.75, 3.05) is 7.11 Å². The van der Waals surface area contributed by atoms with Gasteiger partial charge in [-0.3, -0.25) is 0 Å². The van der Waals surface area contributed by atoms with E-state index in [-0.39, 0.29) is 17.5 Å². The fraction of sp³-hybridized carbons (Fsp3) is 0.417. The molecule has 5 nitrogen and oxygen atoms in total. The van der Waals surface area contributed by atoms with Gasteiger partial charge in [-0.05, 0) is 78.6 Å². The summed E-state index contributed by atoms with van der Waals surface area (Å²) in [5.74, 6) is 0. The Labute approximate surface area is 195 Å². The number of nitriles is 1. The fourth-order valence-corrected chi connectivity index (χ4v) is 6.33. The molecular formula is C24H22B2ClN3O2. The molecule has 1 atom stereocenters. The highest BCUT2D eigenvalue weighted by atomic mass is 35.5. The molecule has 1 saturated carbocycles. The Morgan fingerprint density at radius 3 is 2.56 bits per heavy atom. The molecule has 2 spiro atoms. The zero-order valence-electron chi connectivity index (χ0n) is 17.9. The normalized spacial score (nSPS) is 30.0. The minimum atomic E-state index is -1.58. The first-order valence-electron chi connectivity index (χ1n) is 10.7. The Hall–Kier alpha value is -2.42. The third-order valence-corrected chi connectivity index (χ3v) is 7.71. The molecule has 4 radical (unpaired) electrons. The van der Waals surface area contributed by atoms with E-state index >= 15 is 0 Å². The molecule has 0 bridgehead atoms. The van der Waals surface area contributed by atoms with Crippen molar-refractivity contribution in [2.45, 2.75) is 49.1 Å². The molecule has 2 aromatic rings. The van der Waals surface area contributed by atoms with Gasteiger partial charge in [0.2, 0.25) is 0 Å². The molecular weight excluding hydrogens is 419 g/mol. The Bertz CT molecular complexity index is 1170. The van der Waals surface area contributed by atoms with E-state index in [4.69, 9.17) is 47.5 Å². The van der Waals surface area contributed by atoms with Crippen LogP contribution in [0.15, 0.2) is 41.4 Å². The van der Waals surface area contributed by atoms with Gasteiger partial charge in [0.25, 0.3) is 6.02 Å². The van der Waals surface area contributed by atoms with Crippen molar-refractivity contribution in [1.82, 2.24) is 0 Å². The van der Waals surface area contributed by atoms with Crippen LogP contribution in [0.3, 0.4) is 0 Å². The summed E-state index contributed by atoms with van der Waals surface area (Å²) in [6.07, 6.45) is 4.48. The van der Waals surface area contributed by atoms with Crippen molar-refractivity contribution >= 4 is 33.3 Å². The van der Waals surface area contributed by atoms with Crippen LogP contribution in [0.5, 0.6) is 0 Å². The lowest BCUT2D eigenvalue weighted by Crippen LogP contribution is -2.59. The maximum atomic E-state index is 9.36. The molecule has 2 N–H and O–H groups in total. The number of amidine groups is 1. The number of halogens is 1. The van der Waals surface area contributed by atoms with Crippen molar-refractivity contribution in [1.29, 1.82) is 5.26 Å². The van der Waals surface area contributed by atoms with E-state index in [1.54, 1.807) is 13.2 Å². The van der Waals surface area contributed by atoms with Crippen LogP contribution in [-0.4, -0.2) is 40.3 Å². The number of rotatable bonds is 2. The van der Waals surface area contributed by atoms with Crippen molar-refractivity contribution in [3.8, 4) is 17.2 Å². The number of methoxy groups -OCH3 is 1. The average molecular weight is 442 g/mol. The van der Waals surface area contributed by atoms with Crippen LogP contribution in [0.1, 0.15) is 42.4 Å². The van der Waals surface area contributed by atoms with Crippen molar-refractivity contribution in [3.05, 3.63) is 58.1 Å². The number of benzene rings is 2. The first kappa shape index (κ1) is 21.4. The summed E-state index contributed by atoms with van der Waals surface area (Å²) in [4.78, 5) is 4.83. The van der Waals surface area contributed by atoms with E-state index in [9.17, 15) is 5.26 Å². The van der Waals surface area contributed by atoms with E-state index in [0.717, 1.165) is 54.4 Å². The summed E-state index contributed by atoms with van der Waals surface area (Å²) in [5.41, 5.74) is 9.03. The predicted octanol–water partition coefficient (Wildman–Crippen LogP) is 3.54. The maximum Gasteiger partial charge on any atom is 0.281 e. The molecule has 0 aromatic heterocycles. The van der Waals surface area contributed by atoms with Gasteiger partial charge in [-0.15, -0.1) is 0 Å². The van der Waals surface area contributed by atoms with Gasteiger partial charge in [0.1, 0.15) is 21.2 Å². The van der Waals surface area contributed by atoms with Crippen LogP contribution >= 0.6 is 11.6 Å². The molecule has 0 unspecified atom stereocenters. The second-order valence-electron chi connectivity index (χ2n) is 9.16. The molecule has 3 aliphatic rings. The molecule has 32 heavy (non-hydrogen) atoms. The van der Waals surface area contributed by atoms with Gasteiger partial charge >= 0.3 is 0 Å². The van der Waals surface area contributed by atoms with Crippen LogP contribution < -0.4 is 5.73 Å². The van der Waals surface area contributed by atoms with Crippen molar-refractivity contribution in [3.63, 3.8) is 0 Å². The fourth-order valence-electron chi connectivity index (χ4n) is 6.09. The van der Waals surface area contributed by atoms with E-state index in [2.05, 4.69) is 18.2 Å². The van der Waals surface area contributed by atoms with Gasteiger partial charge in [0, 0.05) is 17.5 Å². The van der Waals surface area contributed by atoms with E-state index in [0.29, 0.717) is 10.6 Å². The summed E-state index contributed by atoms with van der Waals surface area (Å²) < 4.78 is 11.3. The molecule has 1 fully saturated rings. The molecule has 5 rings (SSSR count). The molecule has 0 amide bonds. The Morgan fingerprint density at radius 1 is 1.19 bits per heavy atom. The molecule has 1 aliphatic heterocycles. The summed E-state index contributed by atoms with van der Waals surface area (Å²) in [5, 5.41) is 8.29. The average Bonchev–Trinajstić information content (AvgIpc) is 3.18. The molecule has 2 aliphatic carbocycles. The highest BCUT2D eigenvalue weighted by Crippen LogP contribution is 2.65. The van der Waals surface area contributed by atoms with Crippen LogP contribution in [0.2, 0.25) is 5.02 Å². The zero-order chi connectivity index (χ0) is 22.7. The van der Waals surface area contributed by atoms with Crippen molar-refractivity contribution < 1.29 is 9.47 Å². The summed E-state index contributed by atoms with van der Waals surface area (Å²) >= 11 is 6.26. The Balaban J connectivity index is 1.69. The van der Waals surface area contributed by atoms with E-state index < -0.39 is 10.9 Å². The molecule has 8 heteroatoms. The van der Waals surface area contributed by atoms with Crippen molar-refractivity contribution in [2.24, 2.45) is 16.1 Å². The number of aliphatic imine (C=N–C) groups is 1. The highest BCUT2D eigenvalue weighted by molar-refractivity contribution is 6.41. The zero-order valence-corrected chi connectivity index (χ0v) is 18.7. The maximum absolute atomic E-state index is 9.36. The first-order chi connectivity index (χ1) is 15.2. The second kappa shape index (κ2) is 7.30. The number of nitrogens with two attached hydrogens (primary N) is 1. The largest absolute Gasteiger partial charge is 0.476 e. The second-order valence-corrected chi connectivity index (χ2v) is 9.60. The molecule has 158 valence electrons. The standard InChI is InChI=1S/C24H22B2ClN3O2/c1-31-19-4-6-22(7-5-19)12-16-3-2-15(17-8-14(13-28)9-18(27)10-17)11-20(16)23(22)24(25,26)32-21(29)30-23/h2-3,8-11,19H,4-7,12H2,1H3,(H2,29,30)/t19?,22?,23-/m0/s1. The van der Waals surface area contributed by atoms with Crippen LogP contribution in [0.4, 0.5) is 0 Å². The van der Waals surface area contributed by atoms with Crippen LogP contribution in [-0.2, 0) is 21.4 Å². The minimum absolute atomic E-state index is 0.0102. The number of ether oxygens (including phenoxy) is 2. The number of hydrogen-bond acceptors (Lipinski definition) is 5. The van der Waals surface area contributed by atoms with Crippen LogP contribution in [0.25, 0.3) is 11.1 Å². The summed E-state index contributed by atoms with van der Waals surface area (Å²) in [6.45, 7) is 0. The lowest BCUT2D eigenvalue weighted by atomic mass is 9.45. The van der Waals surface area contributed by atoms with Gasteiger partial charge in [-0.1, -0.05) is 23.7 Å². The molecule has 2 aromatic carbocycles. The minimum Gasteiger partial charge on any atom is -0.476 e. The number of fused-ring (bicyclic) bond motifs is 3.